The minimum Gasteiger partial charge on any atom is -0.419 e. The summed E-state index contributed by atoms with van der Waals surface area (Å²) in [6, 6.07) is 17.2. The van der Waals surface area contributed by atoms with Gasteiger partial charge in [0, 0.05) is 9.13 Å². The standard InChI is InChI=1S/C15H12IN3O/c16-12-8-6-11(7-9-12)14-18-19-15(20-14)13(17)10-4-2-1-3-5-10/h1-9,13H,17H2. The summed E-state index contributed by atoms with van der Waals surface area (Å²) < 4.78 is 6.84. The van der Waals surface area contributed by atoms with Crippen LogP contribution in [0, 0.1) is 3.57 Å². The number of hydrogen-bond acceptors (Lipinski definition) is 4. The predicted molar refractivity (Wildman–Crippen MR) is 84.9 cm³/mol. The molecule has 3 rings (SSSR count). The van der Waals surface area contributed by atoms with E-state index in [9.17, 15) is 0 Å². The van der Waals surface area contributed by atoms with Gasteiger partial charge in [0.05, 0.1) is 0 Å². The molecule has 2 N–H and O–H groups in total. The third kappa shape index (κ3) is 2.73. The Bertz CT molecular complexity index is 695. The van der Waals surface area contributed by atoms with Gasteiger partial charge in [-0.15, -0.1) is 10.2 Å². The highest BCUT2D eigenvalue weighted by molar-refractivity contribution is 14.1. The van der Waals surface area contributed by atoms with Crippen molar-refractivity contribution in [2.45, 2.75) is 6.04 Å². The molecule has 3 aromatic rings. The van der Waals surface area contributed by atoms with Gasteiger partial charge < -0.3 is 10.2 Å². The zero-order chi connectivity index (χ0) is 13.9. The van der Waals surface area contributed by atoms with Crippen molar-refractivity contribution in [1.29, 1.82) is 0 Å². The Hall–Kier alpha value is -1.73. The van der Waals surface area contributed by atoms with Gasteiger partial charge in [-0.2, -0.15) is 0 Å². The van der Waals surface area contributed by atoms with Crippen LogP contribution in [0.3, 0.4) is 0 Å². The molecule has 1 heterocycles. The van der Waals surface area contributed by atoms with Crippen LogP contribution in [0.25, 0.3) is 11.5 Å². The molecule has 0 aliphatic heterocycles. The lowest BCUT2D eigenvalue weighted by molar-refractivity contribution is 0.484. The van der Waals surface area contributed by atoms with E-state index in [0.29, 0.717) is 11.8 Å². The smallest absolute Gasteiger partial charge is 0.247 e. The van der Waals surface area contributed by atoms with Crippen LogP contribution in [0.15, 0.2) is 59.0 Å². The molecule has 0 saturated carbocycles. The molecule has 0 aliphatic rings. The van der Waals surface area contributed by atoms with E-state index in [1.54, 1.807) is 0 Å². The lowest BCUT2D eigenvalue weighted by Gasteiger charge is -2.06. The molecule has 0 spiro atoms. The molecule has 1 atom stereocenters. The summed E-state index contributed by atoms with van der Waals surface area (Å²) in [5, 5.41) is 8.11. The minimum absolute atomic E-state index is 0.402. The van der Waals surface area contributed by atoms with Crippen LogP contribution >= 0.6 is 22.6 Å². The third-order valence-corrected chi connectivity index (χ3v) is 3.68. The van der Waals surface area contributed by atoms with Gasteiger partial charge in [-0.3, -0.25) is 0 Å². The SMILES string of the molecule is NC(c1ccccc1)c1nnc(-c2ccc(I)cc2)o1. The summed E-state index contributed by atoms with van der Waals surface area (Å²) in [6.07, 6.45) is 0. The monoisotopic (exact) mass is 377 g/mol. The highest BCUT2D eigenvalue weighted by Gasteiger charge is 2.16. The van der Waals surface area contributed by atoms with Gasteiger partial charge in [-0.25, -0.2) is 0 Å². The quantitative estimate of drug-likeness (QED) is 0.711. The minimum atomic E-state index is -0.402. The van der Waals surface area contributed by atoms with Crippen molar-refractivity contribution in [2.75, 3.05) is 0 Å². The van der Waals surface area contributed by atoms with Crippen molar-refractivity contribution in [1.82, 2.24) is 10.2 Å². The second-order valence-electron chi connectivity index (χ2n) is 4.34. The Balaban J connectivity index is 1.89. The van der Waals surface area contributed by atoms with Crippen LogP contribution in [-0.4, -0.2) is 10.2 Å². The predicted octanol–water partition coefficient (Wildman–Crippen LogP) is 3.39. The summed E-state index contributed by atoms with van der Waals surface area (Å²) in [4.78, 5) is 0. The fourth-order valence-corrected chi connectivity index (χ4v) is 2.23. The number of aromatic nitrogens is 2. The molecule has 5 heteroatoms. The van der Waals surface area contributed by atoms with E-state index < -0.39 is 6.04 Å². The molecule has 4 nitrogen and oxygen atoms in total. The number of nitrogens with zero attached hydrogens (tertiary/aromatic N) is 2. The third-order valence-electron chi connectivity index (χ3n) is 2.96. The van der Waals surface area contributed by atoms with Crippen molar-refractivity contribution in [3.05, 3.63) is 69.6 Å². The molecule has 0 radical (unpaired) electrons. The van der Waals surface area contributed by atoms with E-state index in [-0.39, 0.29) is 0 Å². The Morgan fingerprint density at radius 2 is 1.65 bits per heavy atom. The molecule has 0 fully saturated rings. The Morgan fingerprint density at radius 3 is 2.35 bits per heavy atom. The first kappa shape index (κ1) is 13.3. The van der Waals surface area contributed by atoms with Gasteiger partial charge in [0.1, 0.15) is 6.04 Å². The zero-order valence-electron chi connectivity index (χ0n) is 10.5. The van der Waals surface area contributed by atoms with Crippen LogP contribution in [0.2, 0.25) is 0 Å². The van der Waals surface area contributed by atoms with Crippen molar-refractivity contribution in [3.63, 3.8) is 0 Å². The molecule has 0 saturated heterocycles. The fourth-order valence-electron chi connectivity index (χ4n) is 1.87. The largest absolute Gasteiger partial charge is 0.419 e. The zero-order valence-corrected chi connectivity index (χ0v) is 12.7. The lowest BCUT2D eigenvalue weighted by atomic mass is 10.1. The summed E-state index contributed by atoms with van der Waals surface area (Å²) in [5.74, 6) is 0.910. The molecular weight excluding hydrogens is 365 g/mol. The van der Waals surface area contributed by atoms with Crippen molar-refractivity contribution < 1.29 is 4.42 Å². The van der Waals surface area contributed by atoms with E-state index in [1.165, 1.54) is 0 Å². The molecule has 1 aromatic heterocycles. The van der Waals surface area contributed by atoms with Crippen LogP contribution in [-0.2, 0) is 0 Å². The van der Waals surface area contributed by atoms with E-state index >= 15 is 0 Å². The van der Waals surface area contributed by atoms with Gasteiger partial charge in [0.15, 0.2) is 0 Å². The van der Waals surface area contributed by atoms with Crippen molar-refractivity contribution in [3.8, 4) is 11.5 Å². The van der Waals surface area contributed by atoms with Crippen LogP contribution in [0.1, 0.15) is 17.5 Å². The summed E-state index contributed by atoms with van der Waals surface area (Å²) >= 11 is 2.25. The average Bonchev–Trinajstić information content (AvgIpc) is 2.98. The maximum Gasteiger partial charge on any atom is 0.247 e. The van der Waals surface area contributed by atoms with Crippen LogP contribution < -0.4 is 5.73 Å². The second kappa shape index (κ2) is 5.72. The molecule has 2 aromatic carbocycles. The maximum atomic E-state index is 6.13. The van der Waals surface area contributed by atoms with Crippen molar-refractivity contribution >= 4 is 22.6 Å². The number of halogens is 1. The number of hydrogen-bond donors (Lipinski definition) is 1. The van der Waals surface area contributed by atoms with Crippen molar-refractivity contribution in [2.24, 2.45) is 5.73 Å². The Labute approximate surface area is 130 Å². The summed E-state index contributed by atoms with van der Waals surface area (Å²) in [6.45, 7) is 0. The second-order valence-corrected chi connectivity index (χ2v) is 5.59. The molecule has 0 bridgehead atoms. The lowest BCUT2D eigenvalue weighted by Crippen LogP contribution is -2.11. The molecule has 100 valence electrons. The average molecular weight is 377 g/mol. The first-order valence-electron chi connectivity index (χ1n) is 6.14. The van der Waals surface area contributed by atoms with Gasteiger partial charge in [-0.05, 0) is 52.4 Å². The number of rotatable bonds is 3. The van der Waals surface area contributed by atoms with Gasteiger partial charge in [0.25, 0.3) is 0 Å². The molecule has 1 unspecified atom stereocenters. The van der Waals surface area contributed by atoms with Crippen LogP contribution in [0.4, 0.5) is 0 Å². The summed E-state index contributed by atoms with van der Waals surface area (Å²) in [5.41, 5.74) is 7.98. The first-order chi connectivity index (χ1) is 9.74. The van der Waals surface area contributed by atoms with E-state index in [2.05, 4.69) is 32.8 Å². The van der Waals surface area contributed by atoms with E-state index in [0.717, 1.165) is 14.7 Å². The first-order valence-corrected chi connectivity index (χ1v) is 7.22. The fraction of sp³-hybridized carbons (Fsp3) is 0.0667. The van der Waals surface area contributed by atoms with E-state index in [1.807, 2.05) is 54.6 Å². The highest BCUT2D eigenvalue weighted by Crippen LogP contribution is 2.23. The number of benzene rings is 2. The molecule has 0 aliphatic carbocycles. The molecule has 0 amide bonds. The number of nitrogens with two attached hydrogens (primary N) is 1. The Morgan fingerprint density at radius 1 is 0.950 bits per heavy atom. The highest BCUT2D eigenvalue weighted by atomic mass is 127. The topological polar surface area (TPSA) is 64.9 Å². The molecular formula is C15H12IN3O. The summed E-state index contributed by atoms with van der Waals surface area (Å²) in [7, 11) is 0. The normalized spacial score (nSPS) is 12.3. The Kier molecular flexibility index (Phi) is 3.79. The maximum absolute atomic E-state index is 6.13. The van der Waals surface area contributed by atoms with Gasteiger partial charge in [-0.1, -0.05) is 30.3 Å². The van der Waals surface area contributed by atoms with Gasteiger partial charge in [0.2, 0.25) is 11.8 Å². The van der Waals surface area contributed by atoms with Crippen LogP contribution in [0.5, 0.6) is 0 Å². The van der Waals surface area contributed by atoms with Gasteiger partial charge >= 0.3 is 0 Å². The molecule has 20 heavy (non-hydrogen) atoms. The van der Waals surface area contributed by atoms with E-state index in [4.69, 9.17) is 10.2 Å².